The highest BCUT2D eigenvalue weighted by atomic mass is 19.2. The number of hydrogen-bond acceptors (Lipinski definition) is 2. The summed E-state index contributed by atoms with van der Waals surface area (Å²) in [6.45, 7) is 1.65. The van der Waals surface area contributed by atoms with Crippen LogP contribution in [0, 0.1) is 11.6 Å². The van der Waals surface area contributed by atoms with Crippen molar-refractivity contribution in [3.05, 3.63) is 23.8 Å². The molecular weight excluding hydrogens is 186 g/mol. The van der Waals surface area contributed by atoms with Gasteiger partial charge in [-0.1, -0.05) is 0 Å². The molecule has 0 amide bonds. The summed E-state index contributed by atoms with van der Waals surface area (Å²) in [7, 11) is 1.88. The maximum absolute atomic E-state index is 13.0. The van der Waals surface area contributed by atoms with Gasteiger partial charge in [0, 0.05) is 32.3 Å². The largest absolute Gasteiger partial charge is 0.383 e. The topological polar surface area (TPSA) is 15.3 Å². The summed E-state index contributed by atoms with van der Waals surface area (Å²) >= 11 is 0. The number of nitrogens with one attached hydrogen (secondary N) is 1. The maximum Gasteiger partial charge on any atom is 0.161 e. The molecule has 0 unspecified atom stereocenters. The highest BCUT2D eigenvalue weighted by Gasteiger charge is 2.15. The second kappa shape index (κ2) is 3.44. The van der Waals surface area contributed by atoms with Gasteiger partial charge < -0.3 is 10.2 Å². The van der Waals surface area contributed by atoms with Crippen molar-refractivity contribution in [1.29, 1.82) is 0 Å². The molecule has 0 radical (unpaired) electrons. The molecule has 0 bridgehead atoms. The molecule has 1 aromatic rings. The van der Waals surface area contributed by atoms with E-state index in [-0.39, 0.29) is 0 Å². The summed E-state index contributed by atoms with van der Waals surface area (Å²) in [6, 6.07) is 2.45. The molecule has 0 atom stereocenters. The first-order chi connectivity index (χ1) is 6.68. The molecule has 14 heavy (non-hydrogen) atoms. The zero-order valence-electron chi connectivity index (χ0n) is 7.98. The van der Waals surface area contributed by atoms with E-state index in [1.54, 1.807) is 0 Å². The Morgan fingerprint density at radius 2 is 2.00 bits per heavy atom. The van der Waals surface area contributed by atoms with Crippen LogP contribution in [0.4, 0.5) is 20.2 Å². The SMILES string of the molecule is CN1CCCNc2cc(F)c(F)cc21. The summed E-state index contributed by atoms with van der Waals surface area (Å²) in [6.07, 6.45) is 0.967. The zero-order valence-corrected chi connectivity index (χ0v) is 7.98. The minimum absolute atomic E-state index is 0.670. The third-order valence-electron chi connectivity index (χ3n) is 2.44. The average molecular weight is 198 g/mol. The van der Waals surface area contributed by atoms with E-state index < -0.39 is 11.6 Å². The van der Waals surface area contributed by atoms with Crippen molar-refractivity contribution < 1.29 is 8.78 Å². The molecule has 0 saturated carbocycles. The van der Waals surface area contributed by atoms with Gasteiger partial charge in [0.25, 0.3) is 0 Å². The number of rotatable bonds is 0. The first-order valence-corrected chi connectivity index (χ1v) is 4.62. The molecule has 0 aromatic heterocycles. The van der Waals surface area contributed by atoms with Crippen LogP contribution < -0.4 is 10.2 Å². The summed E-state index contributed by atoms with van der Waals surface area (Å²) in [5, 5.41) is 3.08. The first kappa shape index (κ1) is 9.24. The quantitative estimate of drug-likeness (QED) is 0.687. The fourth-order valence-electron chi connectivity index (χ4n) is 1.65. The molecule has 76 valence electrons. The second-order valence-electron chi connectivity index (χ2n) is 3.49. The molecule has 1 N–H and O–H groups in total. The van der Waals surface area contributed by atoms with Gasteiger partial charge in [0.1, 0.15) is 0 Å². The Morgan fingerprint density at radius 1 is 1.29 bits per heavy atom. The fourth-order valence-corrected chi connectivity index (χ4v) is 1.65. The van der Waals surface area contributed by atoms with Gasteiger partial charge in [0.2, 0.25) is 0 Å². The van der Waals surface area contributed by atoms with Crippen LogP contribution in [0.5, 0.6) is 0 Å². The van der Waals surface area contributed by atoms with E-state index in [9.17, 15) is 8.78 Å². The van der Waals surface area contributed by atoms with Crippen LogP contribution in [0.3, 0.4) is 0 Å². The van der Waals surface area contributed by atoms with Crippen LogP contribution in [0.1, 0.15) is 6.42 Å². The van der Waals surface area contributed by atoms with Gasteiger partial charge in [-0.25, -0.2) is 8.78 Å². The van der Waals surface area contributed by atoms with Gasteiger partial charge in [-0.3, -0.25) is 0 Å². The van der Waals surface area contributed by atoms with Gasteiger partial charge in [-0.05, 0) is 6.42 Å². The second-order valence-corrected chi connectivity index (χ2v) is 3.49. The molecule has 1 aromatic carbocycles. The molecule has 1 aliphatic heterocycles. The maximum atomic E-state index is 13.0. The van der Waals surface area contributed by atoms with Crippen molar-refractivity contribution in [3.8, 4) is 0 Å². The third kappa shape index (κ3) is 1.52. The number of halogens is 2. The lowest BCUT2D eigenvalue weighted by Gasteiger charge is -2.18. The zero-order chi connectivity index (χ0) is 10.1. The molecule has 0 saturated heterocycles. The van der Waals surface area contributed by atoms with E-state index >= 15 is 0 Å². The van der Waals surface area contributed by atoms with Gasteiger partial charge >= 0.3 is 0 Å². The molecule has 1 aliphatic rings. The molecule has 0 aliphatic carbocycles. The van der Waals surface area contributed by atoms with Gasteiger partial charge in [0.15, 0.2) is 11.6 Å². The number of anilines is 2. The Bertz CT molecular complexity index is 352. The lowest BCUT2D eigenvalue weighted by molar-refractivity contribution is 0.509. The Kier molecular flexibility index (Phi) is 2.27. The summed E-state index contributed by atoms with van der Waals surface area (Å²) < 4.78 is 25.9. The van der Waals surface area contributed by atoms with E-state index in [1.807, 2.05) is 11.9 Å². The Hall–Kier alpha value is -1.32. The standard InChI is InChI=1S/C10H12F2N2/c1-14-4-2-3-13-9-5-7(11)8(12)6-10(9)14/h5-6,13H,2-4H2,1H3. The first-order valence-electron chi connectivity index (χ1n) is 4.62. The molecule has 1 heterocycles. The number of nitrogens with zero attached hydrogens (tertiary/aromatic N) is 1. The van der Waals surface area contributed by atoms with Crippen LogP contribution in [0.25, 0.3) is 0 Å². The van der Waals surface area contributed by atoms with Gasteiger partial charge in [0.05, 0.1) is 11.4 Å². The van der Waals surface area contributed by atoms with Crippen molar-refractivity contribution in [2.24, 2.45) is 0 Å². The van der Waals surface area contributed by atoms with E-state index in [0.29, 0.717) is 5.69 Å². The molecule has 2 nitrogen and oxygen atoms in total. The molecule has 4 heteroatoms. The Balaban J connectivity index is 2.49. The number of benzene rings is 1. The van der Waals surface area contributed by atoms with E-state index in [4.69, 9.17) is 0 Å². The lowest BCUT2D eigenvalue weighted by Crippen LogP contribution is -2.17. The molecular formula is C10H12F2N2. The highest BCUT2D eigenvalue weighted by Crippen LogP contribution is 2.29. The van der Waals surface area contributed by atoms with Crippen molar-refractivity contribution in [3.63, 3.8) is 0 Å². The fraction of sp³-hybridized carbons (Fsp3) is 0.400. The van der Waals surface area contributed by atoms with E-state index in [2.05, 4.69) is 5.32 Å². The highest BCUT2D eigenvalue weighted by molar-refractivity contribution is 5.70. The van der Waals surface area contributed by atoms with Crippen LogP contribution in [0.2, 0.25) is 0 Å². The van der Waals surface area contributed by atoms with Gasteiger partial charge in [-0.15, -0.1) is 0 Å². The molecule has 2 rings (SSSR count). The molecule has 0 spiro atoms. The summed E-state index contributed by atoms with van der Waals surface area (Å²) in [5.74, 6) is -1.59. The number of fused-ring (bicyclic) bond motifs is 1. The van der Waals surface area contributed by atoms with Crippen molar-refractivity contribution in [1.82, 2.24) is 0 Å². The Morgan fingerprint density at radius 3 is 2.79 bits per heavy atom. The predicted octanol–water partition coefficient (Wildman–Crippen LogP) is 2.22. The van der Waals surface area contributed by atoms with Crippen LogP contribution in [0.15, 0.2) is 12.1 Å². The van der Waals surface area contributed by atoms with Crippen molar-refractivity contribution >= 4 is 11.4 Å². The summed E-state index contributed by atoms with van der Waals surface area (Å²) in [4.78, 5) is 1.93. The average Bonchev–Trinajstić information content (AvgIpc) is 2.31. The monoisotopic (exact) mass is 198 g/mol. The van der Waals surface area contributed by atoms with Crippen molar-refractivity contribution in [2.45, 2.75) is 6.42 Å². The van der Waals surface area contributed by atoms with E-state index in [0.717, 1.165) is 25.2 Å². The Labute approximate surface area is 81.5 Å². The number of hydrogen-bond donors (Lipinski definition) is 1. The van der Waals surface area contributed by atoms with Crippen LogP contribution in [-0.2, 0) is 0 Å². The summed E-state index contributed by atoms with van der Waals surface area (Å²) in [5.41, 5.74) is 1.39. The van der Waals surface area contributed by atoms with Crippen LogP contribution in [-0.4, -0.2) is 20.1 Å². The normalized spacial score (nSPS) is 15.8. The van der Waals surface area contributed by atoms with Crippen molar-refractivity contribution in [2.75, 3.05) is 30.4 Å². The van der Waals surface area contributed by atoms with Crippen LogP contribution >= 0.6 is 0 Å². The lowest BCUT2D eigenvalue weighted by atomic mass is 10.2. The predicted molar refractivity (Wildman–Crippen MR) is 52.7 cm³/mol. The minimum atomic E-state index is -0.799. The molecule has 0 fully saturated rings. The van der Waals surface area contributed by atoms with E-state index in [1.165, 1.54) is 12.1 Å². The van der Waals surface area contributed by atoms with Gasteiger partial charge in [-0.2, -0.15) is 0 Å². The third-order valence-corrected chi connectivity index (χ3v) is 2.44. The smallest absolute Gasteiger partial charge is 0.161 e. The minimum Gasteiger partial charge on any atom is -0.383 e.